The summed E-state index contributed by atoms with van der Waals surface area (Å²) in [4.78, 5) is 3.79. The van der Waals surface area contributed by atoms with Crippen molar-refractivity contribution in [3.63, 3.8) is 0 Å². The molecule has 8 aromatic rings. The van der Waals surface area contributed by atoms with E-state index < -0.39 is 0 Å². The van der Waals surface area contributed by atoms with E-state index in [0.717, 1.165) is 51.8 Å². The summed E-state index contributed by atoms with van der Waals surface area (Å²) < 4.78 is 7.56. The van der Waals surface area contributed by atoms with Crippen LogP contribution in [0.1, 0.15) is 16.9 Å². The first kappa shape index (κ1) is 24.5. The van der Waals surface area contributed by atoms with E-state index in [1.165, 1.54) is 42.4 Å². The predicted octanol–water partition coefficient (Wildman–Crippen LogP) is 12.1. The normalized spacial score (nSPS) is 12.8. The first-order valence-corrected chi connectivity index (χ1v) is 15.6. The van der Waals surface area contributed by atoms with Crippen molar-refractivity contribution in [2.75, 3.05) is 4.90 Å². The van der Waals surface area contributed by atoms with Crippen LogP contribution in [-0.2, 0) is 6.42 Å². The molecule has 0 bridgehead atoms. The number of fused-ring (bicyclic) bond motifs is 7. The molecule has 0 saturated heterocycles. The fourth-order valence-electron chi connectivity index (χ4n) is 6.70. The van der Waals surface area contributed by atoms with Crippen LogP contribution in [0.25, 0.3) is 60.0 Å². The molecule has 0 radical (unpaired) electrons. The second-order valence-electron chi connectivity index (χ2n) is 11.2. The second-order valence-corrected chi connectivity index (χ2v) is 12.3. The van der Waals surface area contributed by atoms with E-state index in [1.807, 2.05) is 23.5 Å². The number of hydrogen-bond donors (Lipinski definition) is 0. The summed E-state index contributed by atoms with van der Waals surface area (Å²) in [6, 6.07) is 45.9. The Morgan fingerprint density at radius 2 is 1.35 bits per heavy atom. The zero-order valence-corrected chi connectivity index (χ0v) is 24.3. The van der Waals surface area contributed by atoms with Crippen LogP contribution in [0, 0.1) is 0 Å². The van der Waals surface area contributed by atoms with Gasteiger partial charge < -0.3 is 9.32 Å². The monoisotopic (exact) mass is 569 g/mol. The fourth-order valence-corrected chi connectivity index (χ4v) is 8.02. The average Bonchev–Trinajstić information content (AvgIpc) is 3.64. The molecule has 2 aromatic heterocycles. The predicted molar refractivity (Wildman–Crippen MR) is 184 cm³/mol. The third-order valence-electron chi connectivity index (χ3n) is 8.74. The molecule has 1 aliphatic carbocycles. The Hall–Kier alpha value is -5.12. The van der Waals surface area contributed by atoms with Gasteiger partial charge in [-0.25, -0.2) is 0 Å². The molecule has 0 amide bonds. The molecule has 9 rings (SSSR count). The summed E-state index contributed by atoms with van der Waals surface area (Å²) in [5.41, 5.74) is 9.24. The molecule has 0 unspecified atom stereocenters. The number of para-hydroxylation sites is 1. The van der Waals surface area contributed by atoms with Gasteiger partial charge in [0.15, 0.2) is 0 Å². The average molecular weight is 570 g/mol. The summed E-state index contributed by atoms with van der Waals surface area (Å²) in [6.45, 7) is 0. The minimum atomic E-state index is 0.903. The Balaban J connectivity index is 1.22. The van der Waals surface area contributed by atoms with Gasteiger partial charge in [-0.2, -0.15) is 0 Å². The lowest BCUT2D eigenvalue weighted by Crippen LogP contribution is -2.10. The summed E-state index contributed by atoms with van der Waals surface area (Å²) in [6.07, 6.45) is 6.86. The number of hydrogen-bond acceptors (Lipinski definition) is 3. The lowest BCUT2D eigenvalue weighted by atomic mass is 9.97. The second kappa shape index (κ2) is 9.72. The maximum atomic E-state index is 6.18. The van der Waals surface area contributed by atoms with E-state index in [-0.39, 0.29) is 0 Å². The molecule has 0 aliphatic heterocycles. The smallest absolute Gasteiger partial charge is 0.135 e. The van der Waals surface area contributed by atoms with Crippen molar-refractivity contribution >= 4 is 77.3 Å². The molecule has 2 heterocycles. The number of nitrogens with zero attached hydrogens (tertiary/aromatic N) is 1. The lowest BCUT2D eigenvalue weighted by molar-refractivity contribution is 0.669. The van der Waals surface area contributed by atoms with Gasteiger partial charge in [-0.05, 0) is 88.8 Å². The minimum absolute atomic E-state index is 0.903. The van der Waals surface area contributed by atoms with Crippen LogP contribution in [0.4, 0.5) is 17.1 Å². The number of thiophene rings is 1. The van der Waals surface area contributed by atoms with Crippen molar-refractivity contribution in [3.05, 3.63) is 144 Å². The number of furan rings is 1. The molecule has 3 heteroatoms. The van der Waals surface area contributed by atoms with Crippen LogP contribution in [0.5, 0.6) is 0 Å². The van der Waals surface area contributed by atoms with Gasteiger partial charge >= 0.3 is 0 Å². The van der Waals surface area contributed by atoms with Crippen molar-refractivity contribution in [2.45, 2.75) is 12.8 Å². The van der Waals surface area contributed by atoms with Crippen molar-refractivity contribution < 1.29 is 4.42 Å². The standard InChI is InChI=1S/C40H27NOS/c1-2-11-30-26(9-1)10-7-16-36(30)41(29-23-24-38-35(25-29)32-12-3-5-17-37(32)42-38)28-21-19-27(20-22-28)31-14-8-15-34-33-13-4-6-18-39(33)43-40(31)34/h1-3,5-12,14-25H,4,13H2. The zero-order chi connectivity index (χ0) is 28.3. The van der Waals surface area contributed by atoms with Gasteiger partial charge in [0.2, 0.25) is 0 Å². The van der Waals surface area contributed by atoms with Gasteiger partial charge in [-0.15, -0.1) is 11.3 Å². The van der Waals surface area contributed by atoms with Crippen molar-refractivity contribution in [3.8, 4) is 11.1 Å². The SMILES string of the molecule is C1=Cc2sc3c(-c4ccc(N(c5ccc6oc7ccccc7c6c5)c5cccc6ccccc56)cc4)cccc3c2CC1. The van der Waals surface area contributed by atoms with Crippen molar-refractivity contribution in [1.29, 1.82) is 0 Å². The number of aryl methyl sites for hydroxylation is 1. The highest BCUT2D eigenvalue weighted by Gasteiger charge is 2.19. The highest BCUT2D eigenvalue weighted by molar-refractivity contribution is 7.20. The molecular formula is C40H27NOS. The molecule has 0 atom stereocenters. The Bertz CT molecular complexity index is 2350. The van der Waals surface area contributed by atoms with Gasteiger partial charge in [0.05, 0.1) is 5.69 Å². The number of benzene rings is 6. The molecule has 0 fully saturated rings. The first-order chi connectivity index (χ1) is 21.3. The Morgan fingerprint density at radius 3 is 2.28 bits per heavy atom. The molecule has 6 aromatic carbocycles. The quantitative estimate of drug-likeness (QED) is 0.210. The van der Waals surface area contributed by atoms with E-state index in [0.29, 0.717) is 0 Å². The lowest BCUT2D eigenvalue weighted by Gasteiger charge is -2.27. The Labute approximate surface area is 253 Å². The van der Waals surface area contributed by atoms with E-state index in [9.17, 15) is 0 Å². The Kier molecular flexibility index (Phi) is 5.53. The first-order valence-electron chi connectivity index (χ1n) is 14.8. The highest BCUT2D eigenvalue weighted by Crippen LogP contribution is 2.44. The Morgan fingerprint density at radius 1 is 0.605 bits per heavy atom. The van der Waals surface area contributed by atoms with Gasteiger partial charge in [0, 0.05) is 37.1 Å². The molecular weight excluding hydrogens is 543 g/mol. The third-order valence-corrected chi connectivity index (χ3v) is 9.99. The molecule has 1 aliphatic rings. The number of rotatable bonds is 4. The van der Waals surface area contributed by atoms with Crippen molar-refractivity contribution in [2.24, 2.45) is 0 Å². The van der Waals surface area contributed by atoms with Crippen LogP contribution in [-0.4, -0.2) is 0 Å². The van der Waals surface area contributed by atoms with E-state index in [4.69, 9.17) is 4.42 Å². The minimum Gasteiger partial charge on any atom is -0.456 e. The molecule has 0 N–H and O–H groups in total. The number of anilines is 3. The zero-order valence-electron chi connectivity index (χ0n) is 23.5. The van der Waals surface area contributed by atoms with Crippen LogP contribution in [0.15, 0.2) is 138 Å². The third kappa shape index (κ3) is 3.93. The molecule has 0 saturated carbocycles. The van der Waals surface area contributed by atoms with Crippen LogP contribution in [0.2, 0.25) is 0 Å². The van der Waals surface area contributed by atoms with E-state index in [2.05, 4.69) is 132 Å². The van der Waals surface area contributed by atoms with Crippen LogP contribution in [0.3, 0.4) is 0 Å². The molecule has 204 valence electrons. The topological polar surface area (TPSA) is 16.4 Å². The molecule has 2 nitrogen and oxygen atoms in total. The van der Waals surface area contributed by atoms with E-state index in [1.54, 1.807) is 0 Å². The fraction of sp³-hybridized carbons (Fsp3) is 0.0500. The summed E-state index contributed by atoms with van der Waals surface area (Å²) >= 11 is 1.92. The summed E-state index contributed by atoms with van der Waals surface area (Å²) in [5.74, 6) is 0. The molecule has 43 heavy (non-hydrogen) atoms. The van der Waals surface area contributed by atoms with Gasteiger partial charge in [-0.3, -0.25) is 0 Å². The highest BCUT2D eigenvalue weighted by atomic mass is 32.1. The van der Waals surface area contributed by atoms with Crippen LogP contribution < -0.4 is 4.90 Å². The largest absolute Gasteiger partial charge is 0.456 e. The van der Waals surface area contributed by atoms with Crippen molar-refractivity contribution in [1.82, 2.24) is 0 Å². The summed E-state index contributed by atoms with van der Waals surface area (Å²) in [7, 11) is 0. The molecule has 0 spiro atoms. The van der Waals surface area contributed by atoms with Gasteiger partial charge in [-0.1, -0.05) is 91.0 Å². The van der Waals surface area contributed by atoms with Gasteiger partial charge in [0.1, 0.15) is 11.2 Å². The van der Waals surface area contributed by atoms with Crippen LogP contribution >= 0.6 is 11.3 Å². The van der Waals surface area contributed by atoms with Gasteiger partial charge in [0.25, 0.3) is 0 Å². The summed E-state index contributed by atoms with van der Waals surface area (Å²) in [5, 5.41) is 6.10. The van der Waals surface area contributed by atoms with E-state index >= 15 is 0 Å². The maximum Gasteiger partial charge on any atom is 0.135 e. The maximum absolute atomic E-state index is 6.18. The number of allylic oxidation sites excluding steroid dienone is 1.